The van der Waals surface area contributed by atoms with E-state index in [9.17, 15) is 13.2 Å². The van der Waals surface area contributed by atoms with Gasteiger partial charge in [0.1, 0.15) is 5.82 Å². The van der Waals surface area contributed by atoms with E-state index in [-0.39, 0.29) is 17.7 Å². The van der Waals surface area contributed by atoms with Crippen LogP contribution in [0, 0.1) is 5.92 Å². The maximum absolute atomic E-state index is 13.1. The minimum Gasteiger partial charge on any atom is -0.367 e. The van der Waals surface area contributed by atoms with E-state index in [2.05, 4.69) is 27.2 Å². The van der Waals surface area contributed by atoms with E-state index in [0.29, 0.717) is 11.5 Å². The summed E-state index contributed by atoms with van der Waals surface area (Å²) >= 11 is 0. The largest absolute Gasteiger partial charge is 0.433 e. The molecule has 23 heavy (non-hydrogen) atoms. The monoisotopic (exact) mass is 322 g/mol. The Balaban J connectivity index is 1.95. The van der Waals surface area contributed by atoms with Crippen LogP contribution in [0.3, 0.4) is 0 Å². The molecule has 7 heteroatoms. The number of anilines is 1. The van der Waals surface area contributed by atoms with E-state index < -0.39 is 11.9 Å². The van der Waals surface area contributed by atoms with Gasteiger partial charge in [0.15, 0.2) is 11.5 Å². The lowest BCUT2D eigenvalue weighted by Crippen LogP contribution is -2.18. The molecule has 2 heterocycles. The number of rotatable bonds is 3. The van der Waals surface area contributed by atoms with E-state index in [0.717, 1.165) is 25.3 Å². The van der Waals surface area contributed by atoms with Crippen LogP contribution in [0.15, 0.2) is 30.6 Å². The van der Waals surface area contributed by atoms with Crippen molar-refractivity contribution < 1.29 is 13.2 Å². The third kappa shape index (κ3) is 3.78. The fourth-order valence-corrected chi connectivity index (χ4v) is 2.84. The minimum atomic E-state index is -4.51. The first-order valence-electron chi connectivity index (χ1n) is 7.55. The topological polar surface area (TPSA) is 50.7 Å². The van der Waals surface area contributed by atoms with Gasteiger partial charge in [-0.3, -0.25) is 4.98 Å². The fourth-order valence-electron chi connectivity index (χ4n) is 2.84. The number of nitrogens with one attached hydrogen (secondary N) is 1. The molecular formula is C16H17F3N4. The molecule has 0 aliphatic heterocycles. The van der Waals surface area contributed by atoms with Gasteiger partial charge in [0.2, 0.25) is 0 Å². The molecule has 1 N–H and O–H groups in total. The molecule has 0 radical (unpaired) electrons. The van der Waals surface area contributed by atoms with E-state index in [1.54, 1.807) is 12.1 Å². The molecule has 2 aromatic rings. The van der Waals surface area contributed by atoms with E-state index >= 15 is 0 Å². The summed E-state index contributed by atoms with van der Waals surface area (Å²) in [6.45, 7) is 2.14. The Morgan fingerprint density at radius 3 is 2.48 bits per heavy atom. The van der Waals surface area contributed by atoms with Crippen molar-refractivity contribution in [3.05, 3.63) is 36.3 Å². The predicted molar refractivity (Wildman–Crippen MR) is 80.7 cm³/mol. The lowest BCUT2D eigenvalue weighted by atomic mass is 10.1. The fraction of sp³-hybridized carbons (Fsp3) is 0.438. The maximum atomic E-state index is 13.1. The highest BCUT2D eigenvalue weighted by molar-refractivity contribution is 5.57. The summed E-state index contributed by atoms with van der Waals surface area (Å²) < 4.78 is 39.3. The summed E-state index contributed by atoms with van der Waals surface area (Å²) in [4.78, 5) is 11.8. The van der Waals surface area contributed by atoms with Crippen molar-refractivity contribution in [3.8, 4) is 11.4 Å². The second kappa shape index (κ2) is 6.14. The van der Waals surface area contributed by atoms with Crippen molar-refractivity contribution in [1.29, 1.82) is 0 Å². The van der Waals surface area contributed by atoms with Gasteiger partial charge in [-0.25, -0.2) is 9.97 Å². The van der Waals surface area contributed by atoms with Crippen LogP contribution in [0.2, 0.25) is 0 Å². The van der Waals surface area contributed by atoms with Gasteiger partial charge in [0.05, 0.1) is 0 Å². The molecule has 0 saturated heterocycles. The summed E-state index contributed by atoms with van der Waals surface area (Å²) in [5, 5.41) is 3.13. The van der Waals surface area contributed by atoms with Crippen molar-refractivity contribution in [2.75, 3.05) is 5.32 Å². The molecular weight excluding hydrogens is 305 g/mol. The number of aromatic nitrogens is 3. The zero-order valence-electron chi connectivity index (χ0n) is 12.6. The molecule has 2 atom stereocenters. The van der Waals surface area contributed by atoms with Gasteiger partial charge in [0, 0.05) is 30.1 Å². The zero-order valence-corrected chi connectivity index (χ0v) is 12.6. The van der Waals surface area contributed by atoms with Crippen LogP contribution in [0.25, 0.3) is 11.4 Å². The van der Waals surface area contributed by atoms with Crippen LogP contribution < -0.4 is 5.32 Å². The standard InChI is InChI=1S/C16H17F3N4/c1-10-2-3-12(8-10)21-14-9-13(16(17,18)19)22-15(23-14)11-4-6-20-7-5-11/h4-7,9-10,12H,2-3,8H2,1H3,(H,21,22,23). The van der Waals surface area contributed by atoms with Crippen molar-refractivity contribution >= 4 is 5.82 Å². The molecule has 0 bridgehead atoms. The lowest BCUT2D eigenvalue weighted by Gasteiger charge is -2.16. The number of pyridine rings is 1. The summed E-state index contributed by atoms with van der Waals surface area (Å²) in [6, 6.07) is 4.33. The normalized spacial score (nSPS) is 21.4. The van der Waals surface area contributed by atoms with Crippen LogP contribution in [-0.2, 0) is 6.18 Å². The molecule has 2 aromatic heterocycles. The van der Waals surface area contributed by atoms with Gasteiger partial charge in [-0.1, -0.05) is 6.92 Å². The molecule has 0 aromatic carbocycles. The number of hydrogen-bond donors (Lipinski definition) is 1. The average Bonchev–Trinajstić information content (AvgIpc) is 2.92. The summed E-state index contributed by atoms with van der Waals surface area (Å²) in [5.41, 5.74) is -0.429. The third-order valence-corrected chi connectivity index (χ3v) is 4.00. The Labute approximate surface area is 132 Å². The van der Waals surface area contributed by atoms with Crippen molar-refractivity contribution in [2.45, 2.75) is 38.4 Å². The molecule has 0 amide bonds. The summed E-state index contributed by atoms with van der Waals surface area (Å²) in [5.74, 6) is 0.852. The third-order valence-electron chi connectivity index (χ3n) is 4.00. The molecule has 4 nitrogen and oxygen atoms in total. The number of nitrogens with zero attached hydrogens (tertiary/aromatic N) is 3. The second-order valence-electron chi connectivity index (χ2n) is 5.96. The maximum Gasteiger partial charge on any atom is 0.433 e. The van der Waals surface area contributed by atoms with E-state index in [1.165, 1.54) is 12.4 Å². The molecule has 122 valence electrons. The van der Waals surface area contributed by atoms with Gasteiger partial charge >= 0.3 is 6.18 Å². The Morgan fingerprint density at radius 1 is 1.13 bits per heavy atom. The average molecular weight is 322 g/mol. The Morgan fingerprint density at radius 2 is 1.87 bits per heavy atom. The predicted octanol–water partition coefficient (Wildman–Crippen LogP) is 4.16. The number of alkyl halides is 3. The van der Waals surface area contributed by atoms with Gasteiger partial charge in [-0.2, -0.15) is 13.2 Å². The Hall–Kier alpha value is -2.18. The van der Waals surface area contributed by atoms with Gasteiger partial charge in [-0.15, -0.1) is 0 Å². The first-order valence-corrected chi connectivity index (χ1v) is 7.55. The van der Waals surface area contributed by atoms with Gasteiger partial charge in [0.25, 0.3) is 0 Å². The molecule has 0 spiro atoms. The highest BCUT2D eigenvalue weighted by Crippen LogP contribution is 2.32. The lowest BCUT2D eigenvalue weighted by molar-refractivity contribution is -0.141. The van der Waals surface area contributed by atoms with Crippen LogP contribution in [0.5, 0.6) is 0 Å². The molecule has 1 saturated carbocycles. The smallest absolute Gasteiger partial charge is 0.367 e. The number of halogens is 3. The zero-order chi connectivity index (χ0) is 16.4. The van der Waals surface area contributed by atoms with Crippen molar-refractivity contribution in [1.82, 2.24) is 15.0 Å². The van der Waals surface area contributed by atoms with Crippen LogP contribution in [-0.4, -0.2) is 21.0 Å². The first kappa shape index (κ1) is 15.7. The SMILES string of the molecule is CC1CCC(Nc2cc(C(F)(F)F)nc(-c3ccncc3)n2)C1. The molecule has 3 rings (SSSR count). The second-order valence-corrected chi connectivity index (χ2v) is 5.96. The summed E-state index contributed by atoms with van der Waals surface area (Å²) in [6.07, 6.45) is 1.46. The Bertz CT molecular complexity index is 673. The van der Waals surface area contributed by atoms with Crippen molar-refractivity contribution in [3.63, 3.8) is 0 Å². The van der Waals surface area contributed by atoms with Crippen LogP contribution >= 0.6 is 0 Å². The molecule has 1 aliphatic carbocycles. The van der Waals surface area contributed by atoms with Gasteiger partial charge < -0.3 is 5.32 Å². The molecule has 1 fully saturated rings. The minimum absolute atomic E-state index is 0.0516. The molecule has 1 aliphatic rings. The molecule has 2 unspecified atom stereocenters. The number of hydrogen-bond acceptors (Lipinski definition) is 4. The Kier molecular flexibility index (Phi) is 4.19. The van der Waals surface area contributed by atoms with Crippen molar-refractivity contribution in [2.24, 2.45) is 5.92 Å². The van der Waals surface area contributed by atoms with E-state index in [1.807, 2.05) is 0 Å². The highest BCUT2D eigenvalue weighted by Gasteiger charge is 2.34. The van der Waals surface area contributed by atoms with Crippen LogP contribution in [0.1, 0.15) is 31.9 Å². The quantitative estimate of drug-likeness (QED) is 0.922. The highest BCUT2D eigenvalue weighted by atomic mass is 19.4. The van der Waals surface area contributed by atoms with Gasteiger partial charge in [-0.05, 0) is 37.3 Å². The summed E-state index contributed by atoms with van der Waals surface area (Å²) in [7, 11) is 0. The van der Waals surface area contributed by atoms with Crippen LogP contribution in [0.4, 0.5) is 19.0 Å². The van der Waals surface area contributed by atoms with E-state index in [4.69, 9.17) is 0 Å². The first-order chi connectivity index (χ1) is 10.9.